The Morgan fingerprint density at radius 1 is 1.45 bits per heavy atom. The van der Waals surface area contributed by atoms with E-state index in [-0.39, 0.29) is 0 Å². The van der Waals surface area contributed by atoms with Crippen molar-refractivity contribution in [1.82, 2.24) is 0 Å². The zero-order valence-electron chi connectivity index (χ0n) is 7.23. The molecule has 0 heterocycles. The van der Waals surface area contributed by atoms with E-state index in [4.69, 9.17) is 11.6 Å². The van der Waals surface area contributed by atoms with Crippen molar-refractivity contribution < 1.29 is 0 Å². The van der Waals surface area contributed by atoms with E-state index >= 15 is 0 Å². The summed E-state index contributed by atoms with van der Waals surface area (Å²) in [6, 6.07) is 0. The monoisotopic (exact) mass is 170 g/mol. The molecule has 0 radical (unpaired) electrons. The first-order chi connectivity index (χ1) is 5.20. The molecule has 0 saturated heterocycles. The predicted molar refractivity (Wildman–Crippen MR) is 52.8 cm³/mol. The molecule has 0 aliphatic carbocycles. The number of hydrogen-bond acceptors (Lipinski definition) is 0. The molecule has 11 heavy (non-hydrogen) atoms. The highest BCUT2D eigenvalue weighted by Gasteiger charge is 1.85. The van der Waals surface area contributed by atoms with Crippen LogP contribution in [0.15, 0.2) is 35.4 Å². The molecule has 0 rings (SSSR count). The van der Waals surface area contributed by atoms with Gasteiger partial charge >= 0.3 is 0 Å². The fourth-order valence-electron chi connectivity index (χ4n) is 0.698. The van der Waals surface area contributed by atoms with Crippen LogP contribution < -0.4 is 0 Å². The molecule has 0 unspecified atom stereocenters. The molecule has 0 fully saturated rings. The zero-order chi connectivity index (χ0) is 8.69. The highest BCUT2D eigenvalue weighted by atomic mass is 35.5. The normalized spacial score (nSPS) is 12.5. The fourth-order valence-corrected chi connectivity index (χ4v) is 0.761. The quantitative estimate of drug-likeness (QED) is 0.559. The molecular formula is C10H15Cl. The van der Waals surface area contributed by atoms with Gasteiger partial charge in [-0.15, -0.1) is 0 Å². The van der Waals surface area contributed by atoms with Gasteiger partial charge in [-0.3, -0.25) is 0 Å². The smallest absolute Gasteiger partial charge is 0.0363 e. The summed E-state index contributed by atoms with van der Waals surface area (Å²) < 4.78 is 0. The van der Waals surface area contributed by atoms with Gasteiger partial charge in [0.05, 0.1) is 0 Å². The molecular weight excluding hydrogens is 156 g/mol. The molecule has 0 N–H and O–H groups in total. The highest BCUT2D eigenvalue weighted by Crippen LogP contribution is 2.08. The van der Waals surface area contributed by atoms with Crippen LogP contribution in [0.5, 0.6) is 0 Å². The second-order valence-electron chi connectivity index (χ2n) is 2.42. The lowest BCUT2D eigenvalue weighted by atomic mass is 10.1. The Kier molecular flexibility index (Phi) is 5.96. The first-order valence-electron chi connectivity index (χ1n) is 3.88. The predicted octanol–water partition coefficient (Wildman–Crippen LogP) is 4.04. The third kappa shape index (κ3) is 5.93. The molecule has 0 spiro atoms. The SMILES string of the molecule is C=C(/C=C\C(Cl)=C/C)CCC. The molecule has 0 aromatic heterocycles. The molecule has 1 heteroatoms. The number of rotatable bonds is 4. The average molecular weight is 171 g/mol. The van der Waals surface area contributed by atoms with Gasteiger partial charge in [-0.25, -0.2) is 0 Å². The van der Waals surface area contributed by atoms with Crippen LogP contribution in [0, 0.1) is 0 Å². The van der Waals surface area contributed by atoms with Crippen LogP contribution in [-0.2, 0) is 0 Å². The minimum atomic E-state index is 0.766. The molecule has 0 aliphatic rings. The van der Waals surface area contributed by atoms with Crippen molar-refractivity contribution in [1.29, 1.82) is 0 Å². The van der Waals surface area contributed by atoms with Gasteiger partial charge < -0.3 is 0 Å². The first kappa shape index (κ1) is 10.5. The highest BCUT2D eigenvalue weighted by molar-refractivity contribution is 6.31. The van der Waals surface area contributed by atoms with Crippen molar-refractivity contribution in [3.8, 4) is 0 Å². The lowest BCUT2D eigenvalue weighted by Crippen LogP contribution is -1.73. The third-order valence-electron chi connectivity index (χ3n) is 1.33. The number of hydrogen-bond donors (Lipinski definition) is 0. The molecule has 0 aliphatic heterocycles. The summed E-state index contributed by atoms with van der Waals surface area (Å²) in [4.78, 5) is 0. The topological polar surface area (TPSA) is 0 Å². The second-order valence-corrected chi connectivity index (χ2v) is 2.85. The van der Waals surface area contributed by atoms with Gasteiger partial charge in [0.25, 0.3) is 0 Å². The second kappa shape index (κ2) is 6.23. The van der Waals surface area contributed by atoms with Gasteiger partial charge in [0.2, 0.25) is 0 Å². The Hall–Kier alpha value is -0.490. The Morgan fingerprint density at radius 3 is 2.55 bits per heavy atom. The van der Waals surface area contributed by atoms with E-state index in [2.05, 4.69) is 13.5 Å². The van der Waals surface area contributed by atoms with Gasteiger partial charge in [-0.2, -0.15) is 0 Å². The van der Waals surface area contributed by atoms with Gasteiger partial charge in [0, 0.05) is 5.03 Å². The average Bonchev–Trinajstić information content (AvgIpc) is 2.01. The molecule has 0 amide bonds. The molecule has 0 atom stereocenters. The van der Waals surface area contributed by atoms with Crippen LogP contribution in [-0.4, -0.2) is 0 Å². The van der Waals surface area contributed by atoms with Crippen LogP contribution in [0.2, 0.25) is 0 Å². The van der Waals surface area contributed by atoms with Crippen LogP contribution in [0.25, 0.3) is 0 Å². The van der Waals surface area contributed by atoms with Crippen molar-refractivity contribution in [2.45, 2.75) is 26.7 Å². The minimum absolute atomic E-state index is 0.766. The van der Waals surface area contributed by atoms with Crippen LogP contribution in [0.3, 0.4) is 0 Å². The van der Waals surface area contributed by atoms with Crippen molar-refractivity contribution >= 4 is 11.6 Å². The van der Waals surface area contributed by atoms with Crippen molar-refractivity contribution in [2.24, 2.45) is 0 Å². The van der Waals surface area contributed by atoms with E-state index < -0.39 is 0 Å². The van der Waals surface area contributed by atoms with Gasteiger partial charge in [0.1, 0.15) is 0 Å². The van der Waals surface area contributed by atoms with Crippen molar-refractivity contribution in [3.05, 3.63) is 35.4 Å². The summed E-state index contributed by atoms with van der Waals surface area (Å²) in [6.45, 7) is 7.93. The van der Waals surface area contributed by atoms with Crippen molar-refractivity contribution in [3.63, 3.8) is 0 Å². The first-order valence-corrected chi connectivity index (χ1v) is 4.26. The molecule has 0 nitrogen and oxygen atoms in total. The van der Waals surface area contributed by atoms with Crippen LogP contribution in [0.1, 0.15) is 26.7 Å². The Morgan fingerprint density at radius 2 is 2.09 bits per heavy atom. The summed E-state index contributed by atoms with van der Waals surface area (Å²) in [5, 5.41) is 0.766. The lowest BCUT2D eigenvalue weighted by molar-refractivity contribution is 0.930. The van der Waals surface area contributed by atoms with E-state index in [1.807, 2.05) is 25.2 Å². The van der Waals surface area contributed by atoms with E-state index in [0.717, 1.165) is 23.4 Å². The largest absolute Gasteiger partial charge is 0.0958 e. The van der Waals surface area contributed by atoms with E-state index in [1.165, 1.54) is 0 Å². The zero-order valence-corrected chi connectivity index (χ0v) is 7.99. The Balaban J connectivity index is 3.83. The fraction of sp³-hybridized carbons (Fsp3) is 0.400. The Bertz CT molecular complexity index is 175. The number of allylic oxidation sites excluding steroid dienone is 5. The molecule has 0 bridgehead atoms. The maximum absolute atomic E-state index is 5.74. The van der Waals surface area contributed by atoms with Crippen LogP contribution in [0.4, 0.5) is 0 Å². The third-order valence-corrected chi connectivity index (χ3v) is 1.67. The summed E-state index contributed by atoms with van der Waals surface area (Å²) in [5.74, 6) is 0. The maximum Gasteiger partial charge on any atom is 0.0363 e. The van der Waals surface area contributed by atoms with E-state index in [1.54, 1.807) is 0 Å². The van der Waals surface area contributed by atoms with Gasteiger partial charge in [-0.05, 0) is 19.4 Å². The summed E-state index contributed by atoms with van der Waals surface area (Å²) in [6.07, 6.45) is 7.88. The number of halogens is 1. The molecule has 0 aromatic carbocycles. The lowest BCUT2D eigenvalue weighted by Gasteiger charge is -1.93. The minimum Gasteiger partial charge on any atom is -0.0958 e. The summed E-state index contributed by atoms with van der Waals surface area (Å²) >= 11 is 5.74. The van der Waals surface area contributed by atoms with Crippen LogP contribution >= 0.6 is 11.6 Å². The maximum atomic E-state index is 5.74. The van der Waals surface area contributed by atoms with Crippen molar-refractivity contribution in [2.75, 3.05) is 0 Å². The molecule has 0 saturated carbocycles. The summed E-state index contributed by atoms with van der Waals surface area (Å²) in [5.41, 5.74) is 1.13. The molecule has 62 valence electrons. The van der Waals surface area contributed by atoms with E-state index in [9.17, 15) is 0 Å². The molecule has 0 aromatic rings. The van der Waals surface area contributed by atoms with Gasteiger partial charge in [-0.1, -0.05) is 49.2 Å². The summed E-state index contributed by atoms with van der Waals surface area (Å²) in [7, 11) is 0. The van der Waals surface area contributed by atoms with Gasteiger partial charge in [0.15, 0.2) is 0 Å². The Labute approximate surface area is 74.3 Å². The standard InChI is InChI=1S/C10H15Cl/c1-4-6-9(3)7-8-10(11)5-2/h5,7-8H,3-4,6H2,1-2H3/b8-7-,10-5+. The van der Waals surface area contributed by atoms with E-state index in [0.29, 0.717) is 0 Å².